The summed E-state index contributed by atoms with van der Waals surface area (Å²) in [6.45, 7) is 0.818. The van der Waals surface area contributed by atoms with E-state index in [0.29, 0.717) is 0 Å². The van der Waals surface area contributed by atoms with Crippen molar-refractivity contribution in [3.8, 4) is 5.75 Å². The van der Waals surface area contributed by atoms with Gasteiger partial charge in [-0.25, -0.2) is 0 Å². The number of nitro groups is 1. The van der Waals surface area contributed by atoms with Crippen molar-refractivity contribution in [1.29, 1.82) is 0 Å². The number of nitro benzene ring substituents is 1. The maximum atomic E-state index is 10.7. The van der Waals surface area contributed by atoms with Gasteiger partial charge in [-0.1, -0.05) is 18.2 Å². The molecular weight excluding hydrogens is 256 g/mol. The molecule has 3 rings (SSSR count). The van der Waals surface area contributed by atoms with Crippen LogP contribution in [0.3, 0.4) is 0 Å². The van der Waals surface area contributed by atoms with Gasteiger partial charge in [0.2, 0.25) is 0 Å². The summed E-state index contributed by atoms with van der Waals surface area (Å²) in [6.07, 6.45) is 0.868. The van der Waals surface area contributed by atoms with Crippen LogP contribution in [0.2, 0.25) is 0 Å². The highest BCUT2D eigenvalue weighted by Crippen LogP contribution is 2.31. The largest absolute Gasteiger partial charge is 0.508 e. The van der Waals surface area contributed by atoms with Crippen molar-refractivity contribution in [3.05, 3.63) is 69.3 Å². The number of non-ortho nitro benzene ring substituents is 1. The van der Waals surface area contributed by atoms with Crippen LogP contribution >= 0.6 is 0 Å². The van der Waals surface area contributed by atoms with E-state index in [1.807, 2.05) is 6.07 Å². The van der Waals surface area contributed by atoms with Crippen LogP contribution in [0.1, 0.15) is 22.7 Å². The molecule has 0 amide bonds. The lowest BCUT2D eigenvalue weighted by molar-refractivity contribution is -0.384. The number of rotatable bonds is 2. The first-order valence-corrected chi connectivity index (χ1v) is 6.44. The Labute approximate surface area is 116 Å². The zero-order chi connectivity index (χ0) is 14.1. The summed E-state index contributed by atoms with van der Waals surface area (Å²) < 4.78 is 0. The number of phenols is 1. The molecular formula is C15H14N2O3. The molecule has 0 aliphatic carbocycles. The van der Waals surface area contributed by atoms with E-state index in [0.717, 1.165) is 29.7 Å². The number of nitrogens with one attached hydrogen (secondary N) is 1. The summed E-state index contributed by atoms with van der Waals surface area (Å²) in [4.78, 5) is 10.3. The SMILES string of the molecule is O=[N+]([O-])c1ccc(C2NCCc3cc(O)ccc32)cc1. The minimum Gasteiger partial charge on any atom is -0.508 e. The van der Waals surface area contributed by atoms with Crippen LogP contribution in [0.25, 0.3) is 0 Å². The zero-order valence-corrected chi connectivity index (χ0v) is 10.7. The molecule has 1 heterocycles. The molecule has 0 aromatic heterocycles. The maximum absolute atomic E-state index is 10.7. The number of hydrogen-bond acceptors (Lipinski definition) is 4. The molecule has 0 saturated heterocycles. The Kier molecular flexibility index (Phi) is 3.12. The first kappa shape index (κ1) is 12.6. The highest BCUT2D eigenvalue weighted by molar-refractivity contribution is 5.44. The molecule has 102 valence electrons. The van der Waals surface area contributed by atoms with E-state index >= 15 is 0 Å². The second kappa shape index (κ2) is 4.94. The lowest BCUT2D eigenvalue weighted by atomic mass is 9.89. The van der Waals surface area contributed by atoms with Gasteiger partial charge in [0.25, 0.3) is 5.69 Å². The van der Waals surface area contributed by atoms with Crippen LogP contribution in [0, 0.1) is 10.1 Å². The van der Waals surface area contributed by atoms with Gasteiger partial charge in [0.05, 0.1) is 11.0 Å². The monoisotopic (exact) mass is 270 g/mol. The van der Waals surface area contributed by atoms with E-state index in [4.69, 9.17) is 0 Å². The Bertz CT molecular complexity index is 653. The van der Waals surface area contributed by atoms with Gasteiger partial charge >= 0.3 is 0 Å². The third-order valence-corrected chi connectivity index (χ3v) is 3.62. The number of nitrogens with zero attached hydrogens (tertiary/aromatic N) is 1. The molecule has 0 bridgehead atoms. The highest BCUT2D eigenvalue weighted by Gasteiger charge is 2.21. The lowest BCUT2D eigenvalue weighted by Crippen LogP contribution is -2.30. The second-order valence-electron chi connectivity index (χ2n) is 4.87. The van der Waals surface area contributed by atoms with Crippen molar-refractivity contribution >= 4 is 5.69 Å². The average Bonchev–Trinajstić information content (AvgIpc) is 2.46. The predicted molar refractivity (Wildman–Crippen MR) is 74.8 cm³/mol. The van der Waals surface area contributed by atoms with E-state index in [1.165, 1.54) is 12.1 Å². The van der Waals surface area contributed by atoms with Crippen molar-refractivity contribution in [1.82, 2.24) is 5.32 Å². The van der Waals surface area contributed by atoms with Crippen molar-refractivity contribution < 1.29 is 10.0 Å². The highest BCUT2D eigenvalue weighted by atomic mass is 16.6. The van der Waals surface area contributed by atoms with E-state index < -0.39 is 4.92 Å². The fraction of sp³-hybridized carbons (Fsp3) is 0.200. The van der Waals surface area contributed by atoms with Gasteiger partial charge in [0, 0.05) is 18.7 Å². The van der Waals surface area contributed by atoms with Crippen molar-refractivity contribution in [3.63, 3.8) is 0 Å². The number of fused-ring (bicyclic) bond motifs is 1. The van der Waals surface area contributed by atoms with Crippen LogP contribution in [0.4, 0.5) is 5.69 Å². The summed E-state index contributed by atoms with van der Waals surface area (Å²) in [5.74, 6) is 0.271. The number of phenolic OH excluding ortho intramolecular Hbond substituents is 1. The minimum atomic E-state index is -0.399. The van der Waals surface area contributed by atoms with Gasteiger partial charge in [0.15, 0.2) is 0 Å². The first-order valence-electron chi connectivity index (χ1n) is 6.44. The molecule has 5 heteroatoms. The van der Waals surface area contributed by atoms with Gasteiger partial charge in [-0.05, 0) is 35.2 Å². The summed E-state index contributed by atoms with van der Waals surface area (Å²) in [5.41, 5.74) is 3.31. The van der Waals surface area contributed by atoms with E-state index in [9.17, 15) is 15.2 Å². The van der Waals surface area contributed by atoms with Crippen molar-refractivity contribution in [2.45, 2.75) is 12.5 Å². The molecule has 0 saturated carbocycles. The van der Waals surface area contributed by atoms with E-state index in [2.05, 4.69) is 5.32 Å². The molecule has 2 aromatic carbocycles. The van der Waals surface area contributed by atoms with Gasteiger partial charge in [-0.2, -0.15) is 0 Å². The summed E-state index contributed by atoms with van der Waals surface area (Å²) in [7, 11) is 0. The van der Waals surface area contributed by atoms with Crippen LogP contribution in [-0.4, -0.2) is 16.6 Å². The number of benzene rings is 2. The Morgan fingerprint density at radius 2 is 1.95 bits per heavy atom. The van der Waals surface area contributed by atoms with Crippen molar-refractivity contribution in [2.75, 3.05) is 6.54 Å². The molecule has 1 aliphatic heterocycles. The molecule has 0 radical (unpaired) electrons. The van der Waals surface area contributed by atoms with Gasteiger partial charge in [0.1, 0.15) is 5.75 Å². The average molecular weight is 270 g/mol. The van der Waals surface area contributed by atoms with Gasteiger partial charge in [-0.3, -0.25) is 10.1 Å². The topological polar surface area (TPSA) is 75.4 Å². The molecule has 20 heavy (non-hydrogen) atoms. The molecule has 0 fully saturated rings. The Morgan fingerprint density at radius 3 is 2.65 bits per heavy atom. The number of hydrogen-bond donors (Lipinski definition) is 2. The molecule has 1 unspecified atom stereocenters. The Hall–Kier alpha value is -2.40. The third-order valence-electron chi connectivity index (χ3n) is 3.62. The van der Waals surface area contributed by atoms with E-state index in [-0.39, 0.29) is 17.5 Å². The van der Waals surface area contributed by atoms with Crippen LogP contribution < -0.4 is 5.32 Å². The summed E-state index contributed by atoms with van der Waals surface area (Å²) in [5, 5.41) is 23.6. The Balaban J connectivity index is 1.98. The maximum Gasteiger partial charge on any atom is 0.269 e. The van der Waals surface area contributed by atoms with E-state index in [1.54, 1.807) is 24.3 Å². The quantitative estimate of drug-likeness (QED) is 0.649. The predicted octanol–water partition coefficient (Wildman–Crippen LogP) is 2.54. The standard InChI is InChI=1S/C15H14N2O3/c18-13-5-6-14-11(9-13)7-8-16-15(14)10-1-3-12(4-2-10)17(19)20/h1-6,9,15-16,18H,7-8H2. The fourth-order valence-electron chi connectivity index (χ4n) is 2.64. The first-order chi connectivity index (χ1) is 9.65. The van der Waals surface area contributed by atoms with Crippen LogP contribution in [0.15, 0.2) is 42.5 Å². The van der Waals surface area contributed by atoms with Crippen molar-refractivity contribution in [2.24, 2.45) is 0 Å². The zero-order valence-electron chi connectivity index (χ0n) is 10.7. The van der Waals surface area contributed by atoms with Gasteiger partial charge in [-0.15, -0.1) is 0 Å². The molecule has 1 aliphatic rings. The second-order valence-corrected chi connectivity index (χ2v) is 4.87. The van der Waals surface area contributed by atoms with Crippen LogP contribution in [0.5, 0.6) is 5.75 Å². The smallest absolute Gasteiger partial charge is 0.269 e. The van der Waals surface area contributed by atoms with Crippen LogP contribution in [-0.2, 0) is 6.42 Å². The summed E-state index contributed by atoms with van der Waals surface area (Å²) in [6, 6.07) is 12.0. The molecule has 2 aromatic rings. The molecule has 0 spiro atoms. The number of aromatic hydroxyl groups is 1. The molecule has 1 atom stereocenters. The normalized spacial score (nSPS) is 17.5. The summed E-state index contributed by atoms with van der Waals surface area (Å²) >= 11 is 0. The Morgan fingerprint density at radius 1 is 1.20 bits per heavy atom. The fourth-order valence-corrected chi connectivity index (χ4v) is 2.64. The molecule has 5 nitrogen and oxygen atoms in total. The third kappa shape index (κ3) is 2.23. The van der Waals surface area contributed by atoms with Gasteiger partial charge < -0.3 is 10.4 Å². The lowest BCUT2D eigenvalue weighted by Gasteiger charge is -2.27. The minimum absolute atomic E-state index is 0.0140. The molecule has 2 N–H and O–H groups in total.